The van der Waals surface area contributed by atoms with Crippen LogP contribution in [0.15, 0.2) is 41.0 Å². The first kappa shape index (κ1) is 11.4. The molecule has 0 radical (unpaired) electrons. The fraction of sp³-hybridized carbons (Fsp3) is 0.0833. The van der Waals surface area contributed by atoms with Gasteiger partial charge in [0.1, 0.15) is 5.52 Å². The Morgan fingerprint density at radius 2 is 2.21 bits per heavy atom. The highest BCUT2D eigenvalue weighted by Gasteiger charge is 2.15. The van der Waals surface area contributed by atoms with Crippen LogP contribution in [0.5, 0.6) is 0 Å². The smallest absolute Gasteiger partial charge is 0.301 e. The number of carbonyl (C=O) groups is 1. The summed E-state index contributed by atoms with van der Waals surface area (Å²) in [7, 11) is 0. The number of furan rings is 1. The lowest BCUT2D eigenvalue weighted by Gasteiger charge is -2.02. The van der Waals surface area contributed by atoms with Crippen LogP contribution in [-0.4, -0.2) is 20.9 Å². The molecule has 3 rings (SSSR count). The van der Waals surface area contributed by atoms with E-state index in [1.807, 2.05) is 29.7 Å². The van der Waals surface area contributed by atoms with Gasteiger partial charge in [-0.2, -0.15) is 0 Å². The Labute approximate surface area is 108 Å². The molecule has 2 heterocycles. The molecule has 0 bridgehead atoms. The second-order valence-corrected chi connectivity index (χ2v) is 3.98. The van der Waals surface area contributed by atoms with Crippen LogP contribution in [0.25, 0.3) is 11.0 Å². The zero-order valence-electron chi connectivity index (χ0n) is 9.91. The Morgan fingerprint density at radius 3 is 3.05 bits per heavy atom. The monoisotopic (exact) mass is 257 g/mol. The van der Waals surface area contributed by atoms with E-state index < -0.39 is 5.91 Å². The number of amides is 1. The summed E-state index contributed by atoms with van der Waals surface area (Å²) < 4.78 is 6.83. The van der Waals surface area contributed by atoms with E-state index >= 15 is 0 Å². The van der Waals surface area contributed by atoms with E-state index in [9.17, 15) is 4.79 Å². The maximum Gasteiger partial charge on any atom is 0.301 e. The SMILES string of the molecule is NNC(=O)c1occc1Cn1nnc2ccccc21. The number of nitrogens with two attached hydrogens (primary N) is 1. The summed E-state index contributed by atoms with van der Waals surface area (Å²) in [5.74, 6) is 4.82. The lowest BCUT2D eigenvalue weighted by atomic mass is 10.2. The van der Waals surface area contributed by atoms with Crippen molar-refractivity contribution in [1.29, 1.82) is 0 Å². The minimum atomic E-state index is -0.468. The van der Waals surface area contributed by atoms with E-state index in [1.54, 1.807) is 10.7 Å². The quantitative estimate of drug-likeness (QED) is 0.408. The highest BCUT2D eigenvalue weighted by molar-refractivity contribution is 5.92. The Bertz CT molecular complexity index is 730. The van der Waals surface area contributed by atoms with Crippen molar-refractivity contribution in [2.24, 2.45) is 5.84 Å². The zero-order valence-corrected chi connectivity index (χ0v) is 9.91. The number of aromatic nitrogens is 3. The van der Waals surface area contributed by atoms with Gasteiger partial charge in [-0.15, -0.1) is 5.10 Å². The number of hydrogen-bond acceptors (Lipinski definition) is 5. The van der Waals surface area contributed by atoms with E-state index in [1.165, 1.54) is 6.26 Å². The second-order valence-electron chi connectivity index (χ2n) is 3.98. The van der Waals surface area contributed by atoms with Crippen molar-refractivity contribution in [2.45, 2.75) is 6.54 Å². The van der Waals surface area contributed by atoms with Gasteiger partial charge in [-0.3, -0.25) is 10.2 Å². The maximum atomic E-state index is 11.5. The molecule has 0 aliphatic carbocycles. The largest absolute Gasteiger partial charge is 0.459 e. The fourth-order valence-corrected chi connectivity index (χ4v) is 1.92. The van der Waals surface area contributed by atoms with Gasteiger partial charge in [0, 0.05) is 5.56 Å². The van der Waals surface area contributed by atoms with Gasteiger partial charge in [0.05, 0.1) is 18.3 Å². The number of benzene rings is 1. The zero-order chi connectivity index (χ0) is 13.2. The lowest BCUT2D eigenvalue weighted by Crippen LogP contribution is -2.30. The van der Waals surface area contributed by atoms with E-state index in [0.717, 1.165) is 11.0 Å². The summed E-state index contributed by atoms with van der Waals surface area (Å²) in [6, 6.07) is 9.30. The van der Waals surface area contributed by atoms with Crippen molar-refractivity contribution in [3.63, 3.8) is 0 Å². The number of carbonyl (C=O) groups excluding carboxylic acids is 1. The van der Waals surface area contributed by atoms with E-state index in [0.29, 0.717) is 12.1 Å². The summed E-state index contributed by atoms with van der Waals surface area (Å²) in [5, 5.41) is 8.11. The molecule has 0 aliphatic rings. The minimum absolute atomic E-state index is 0.182. The van der Waals surface area contributed by atoms with Crippen molar-refractivity contribution in [2.75, 3.05) is 0 Å². The topological polar surface area (TPSA) is 99.0 Å². The number of nitrogens with one attached hydrogen (secondary N) is 1. The Morgan fingerprint density at radius 1 is 1.37 bits per heavy atom. The number of hydrogen-bond donors (Lipinski definition) is 2. The second kappa shape index (κ2) is 4.54. The van der Waals surface area contributed by atoms with Gasteiger partial charge in [0.25, 0.3) is 0 Å². The van der Waals surface area contributed by atoms with Crippen LogP contribution in [0.3, 0.4) is 0 Å². The average molecular weight is 257 g/mol. The van der Waals surface area contributed by atoms with Gasteiger partial charge in [0.2, 0.25) is 0 Å². The molecule has 7 nitrogen and oxygen atoms in total. The standard InChI is InChI=1S/C12H11N5O2/c13-14-12(18)11-8(5-6-19-11)7-17-10-4-2-1-3-9(10)15-16-17/h1-6H,7,13H2,(H,14,18). The van der Waals surface area contributed by atoms with Crippen LogP contribution in [0.4, 0.5) is 0 Å². The van der Waals surface area contributed by atoms with Crippen LogP contribution in [-0.2, 0) is 6.54 Å². The molecule has 0 saturated carbocycles. The third-order valence-electron chi connectivity index (χ3n) is 2.82. The summed E-state index contributed by atoms with van der Waals surface area (Å²) in [4.78, 5) is 11.5. The summed E-state index contributed by atoms with van der Waals surface area (Å²) in [6.07, 6.45) is 1.44. The van der Waals surface area contributed by atoms with Crippen molar-refractivity contribution < 1.29 is 9.21 Å². The van der Waals surface area contributed by atoms with Crippen LogP contribution in [0.2, 0.25) is 0 Å². The van der Waals surface area contributed by atoms with Crippen LogP contribution in [0, 0.1) is 0 Å². The Hall–Kier alpha value is -2.67. The maximum absolute atomic E-state index is 11.5. The lowest BCUT2D eigenvalue weighted by molar-refractivity contribution is 0.0924. The molecule has 0 saturated heterocycles. The van der Waals surface area contributed by atoms with Gasteiger partial charge < -0.3 is 4.42 Å². The molecule has 0 unspecified atom stereocenters. The molecule has 3 N–H and O–H groups in total. The van der Waals surface area contributed by atoms with Crippen LogP contribution >= 0.6 is 0 Å². The first-order valence-electron chi connectivity index (χ1n) is 5.65. The molecular weight excluding hydrogens is 246 g/mol. The van der Waals surface area contributed by atoms with Crippen molar-refractivity contribution in [3.8, 4) is 0 Å². The van der Waals surface area contributed by atoms with Crippen molar-refractivity contribution in [1.82, 2.24) is 20.4 Å². The molecule has 0 spiro atoms. The molecule has 2 aromatic heterocycles. The number of para-hydroxylation sites is 1. The molecule has 19 heavy (non-hydrogen) atoms. The third kappa shape index (κ3) is 1.95. The third-order valence-corrected chi connectivity index (χ3v) is 2.82. The van der Waals surface area contributed by atoms with Crippen LogP contribution < -0.4 is 11.3 Å². The predicted molar refractivity (Wildman–Crippen MR) is 67.0 cm³/mol. The first-order chi connectivity index (χ1) is 9.29. The molecule has 0 atom stereocenters. The summed E-state index contributed by atoms with van der Waals surface area (Å²) in [6.45, 7) is 0.389. The number of rotatable bonds is 3. The van der Waals surface area contributed by atoms with E-state index in [2.05, 4.69) is 10.3 Å². The number of hydrazine groups is 1. The molecule has 1 aromatic carbocycles. The van der Waals surface area contributed by atoms with Gasteiger partial charge >= 0.3 is 5.91 Å². The first-order valence-corrected chi connectivity index (χ1v) is 5.65. The van der Waals surface area contributed by atoms with E-state index in [4.69, 9.17) is 10.3 Å². The molecule has 3 aromatic rings. The van der Waals surface area contributed by atoms with Crippen LogP contribution in [0.1, 0.15) is 16.1 Å². The van der Waals surface area contributed by atoms with Gasteiger partial charge in [-0.1, -0.05) is 17.3 Å². The minimum Gasteiger partial charge on any atom is -0.459 e. The van der Waals surface area contributed by atoms with E-state index in [-0.39, 0.29) is 5.76 Å². The summed E-state index contributed by atoms with van der Waals surface area (Å²) in [5.41, 5.74) is 4.43. The Kier molecular flexibility index (Phi) is 2.73. The molecule has 7 heteroatoms. The summed E-state index contributed by atoms with van der Waals surface area (Å²) >= 11 is 0. The highest BCUT2D eigenvalue weighted by atomic mass is 16.3. The molecule has 0 fully saturated rings. The number of nitrogens with zero attached hydrogens (tertiary/aromatic N) is 3. The van der Waals surface area contributed by atoms with Gasteiger partial charge in [-0.05, 0) is 18.2 Å². The predicted octanol–water partition coefficient (Wildman–Crippen LogP) is 0.676. The molecular formula is C12H11N5O2. The number of fused-ring (bicyclic) bond motifs is 1. The highest BCUT2D eigenvalue weighted by Crippen LogP contribution is 2.15. The molecule has 96 valence electrons. The van der Waals surface area contributed by atoms with Gasteiger partial charge in [-0.25, -0.2) is 10.5 Å². The average Bonchev–Trinajstić information content (AvgIpc) is 3.06. The molecule has 0 aliphatic heterocycles. The van der Waals surface area contributed by atoms with Crippen molar-refractivity contribution >= 4 is 16.9 Å². The normalized spacial score (nSPS) is 10.8. The number of nitrogen functional groups attached to an aromatic ring is 1. The molecule has 1 amide bonds. The van der Waals surface area contributed by atoms with Gasteiger partial charge in [0.15, 0.2) is 5.76 Å². The fourth-order valence-electron chi connectivity index (χ4n) is 1.92. The van der Waals surface area contributed by atoms with Crippen molar-refractivity contribution in [3.05, 3.63) is 47.9 Å². The Balaban J connectivity index is 1.98.